The maximum atomic E-state index is 11.4. The number of aromatic carboxylic acids is 1. The first-order chi connectivity index (χ1) is 13.2. The summed E-state index contributed by atoms with van der Waals surface area (Å²) in [6.07, 6.45) is 4.52. The third-order valence-electron chi connectivity index (χ3n) is 4.95. The van der Waals surface area contributed by atoms with E-state index in [-0.39, 0.29) is 0 Å². The van der Waals surface area contributed by atoms with Crippen molar-refractivity contribution < 1.29 is 9.90 Å². The minimum Gasteiger partial charge on any atom is -0.478 e. The van der Waals surface area contributed by atoms with E-state index in [4.69, 9.17) is 5.73 Å². The van der Waals surface area contributed by atoms with Crippen molar-refractivity contribution in [1.29, 1.82) is 0 Å². The molecule has 4 aromatic rings. The minimum atomic E-state index is -0.915. The van der Waals surface area contributed by atoms with E-state index in [0.717, 1.165) is 57.9 Å². The number of hydrogen-bond acceptors (Lipinski definition) is 3. The number of nitrogens with one attached hydrogen (secondary N) is 1. The van der Waals surface area contributed by atoms with Crippen molar-refractivity contribution in [1.82, 2.24) is 9.97 Å². The molecule has 4 N–H and O–H groups in total. The predicted octanol–water partition coefficient (Wildman–Crippen LogP) is 4.36. The largest absolute Gasteiger partial charge is 0.478 e. The summed E-state index contributed by atoms with van der Waals surface area (Å²) < 4.78 is 0. The number of rotatable bonds is 6. The van der Waals surface area contributed by atoms with E-state index in [1.165, 1.54) is 0 Å². The first-order valence-electron chi connectivity index (χ1n) is 9.11. The molecule has 0 fully saturated rings. The summed E-state index contributed by atoms with van der Waals surface area (Å²) in [5.41, 5.74) is 11.1. The zero-order valence-electron chi connectivity index (χ0n) is 14.9. The van der Waals surface area contributed by atoms with Crippen LogP contribution in [0.4, 0.5) is 0 Å². The smallest absolute Gasteiger partial charge is 0.335 e. The number of nitrogens with zero attached hydrogens (tertiary/aromatic N) is 1. The standard InChI is InChI=1S/C22H21N3O2/c23-11-2-1-5-17-18-13-14(22(26)27)9-10-20(18)25-21(17)16-6-3-8-19-15(16)7-4-12-24-19/h3-4,6-10,12-13,25H,1-2,5,11,23H2,(H,26,27). The van der Waals surface area contributed by atoms with E-state index in [2.05, 4.69) is 22.1 Å². The number of aromatic amines is 1. The van der Waals surface area contributed by atoms with Crippen LogP contribution >= 0.6 is 0 Å². The average Bonchev–Trinajstić information content (AvgIpc) is 3.05. The molecule has 0 saturated heterocycles. The Morgan fingerprint density at radius 3 is 2.78 bits per heavy atom. The summed E-state index contributed by atoms with van der Waals surface area (Å²) in [6, 6.07) is 15.3. The SMILES string of the molecule is NCCCCc1c(-c2cccc3ncccc23)[nH]c2ccc(C(=O)O)cc12. The van der Waals surface area contributed by atoms with Crippen LogP contribution in [-0.2, 0) is 6.42 Å². The van der Waals surface area contributed by atoms with Gasteiger partial charge >= 0.3 is 5.97 Å². The van der Waals surface area contributed by atoms with E-state index < -0.39 is 5.97 Å². The molecular formula is C22H21N3O2. The Bertz CT molecular complexity index is 1130. The van der Waals surface area contributed by atoms with Crippen LogP contribution in [0.2, 0.25) is 0 Å². The second kappa shape index (κ2) is 7.21. The number of aromatic nitrogens is 2. The van der Waals surface area contributed by atoms with Crippen LogP contribution in [0.3, 0.4) is 0 Å². The third kappa shape index (κ3) is 3.17. The van der Waals surface area contributed by atoms with Gasteiger partial charge < -0.3 is 15.8 Å². The molecule has 0 atom stereocenters. The van der Waals surface area contributed by atoms with Crippen molar-refractivity contribution in [3.05, 3.63) is 65.9 Å². The number of H-pyrrole nitrogens is 1. The van der Waals surface area contributed by atoms with Crippen LogP contribution in [0, 0.1) is 0 Å². The van der Waals surface area contributed by atoms with E-state index in [0.29, 0.717) is 12.1 Å². The van der Waals surface area contributed by atoms with Crippen LogP contribution in [0.5, 0.6) is 0 Å². The first-order valence-corrected chi connectivity index (χ1v) is 9.11. The van der Waals surface area contributed by atoms with Gasteiger partial charge in [0.2, 0.25) is 0 Å². The van der Waals surface area contributed by atoms with E-state index in [1.54, 1.807) is 18.3 Å². The highest BCUT2D eigenvalue weighted by atomic mass is 16.4. The fraction of sp³-hybridized carbons (Fsp3) is 0.182. The molecular weight excluding hydrogens is 338 g/mol. The Kier molecular flexibility index (Phi) is 4.60. The van der Waals surface area contributed by atoms with Crippen molar-refractivity contribution in [3.8, 4) is 11.3 Å². The quantitative estimate of drug-likeness (QED) is 0.446. The van der Waals surface area contributed by atoms with Gasteiger partial charge in [0.1, 0.15) is 0 Å². The molecule has 27 heavy (non-hydrogen) atoms. The molecule has 2 aromatic heterocycles. The van der Waals surface area contributed by atoms with Crippen LogP contribution in [0.15, 0.2) is 54.7 Å². The number of fused-ring (bicyclic) bond motifs is 2. The number of carboxylic acids is 1. The van der Waals surface area contributed by atoms with Gasteiger partial charge in [0, 0.05) is 28.0 Å². The Morgan fingerprint density at radius 1 is 1.07 bits per heavy atom. The summed E-state index contributed by atoms with van der Waals surface area (Å²) in [5.74, 6) is -0.915. The number of pyridine rings is 1. The van der Waals surface area contributed by atoms with Gasteiger partial charge in [-0.1, -0.05) is 18.2 Å². The fourth-order valence-electron chi connectivity index (χ4n) is 3.64. The Balaban J connectivity index is 1.95. The zero-order chi connectivity index (χ0) is 18.8. The average molecular weight is 359 g/mol. The number of nitrogens with two attached hydrogens (primary N) is 1. The molecule has 0 unspecified atom stereocenters. The van der Waals surface area contributed by atoms with Gasteiger partial charge in [-0.15, -0.1) is 0 Å². The predicted molar refractivity (Wildman–Crippen MR) is 108 cm³/mol. The highest BCUT2D eigenvalue weighted by Crippen LogP contribution is 2.35. The van der Waals surface area contributed by atoms with Gasteiger partial charge in [0.05, 0.1) is 16.8 Å². The molecule has 136 valence electrons. The van der Waals surface area contributed by atoms with Crippen molar-refractivity contribution in [3.63, 3.8) is 0 Å². The molecule has 0 bridgehead atoms. The normalized spacial score (nSPS) is 11.3. The van der Waals surface area contributed by atoms with Gasteiger partial charge in [-0.25, -0.2) is 4.79 Å². The third-order valence-corrected chi connectivity index (χ3v) is 4.95. The lowest BCUT2D eigenvalue weighted by Crippen LogP contribution is -2.00. The van der Waals surface area contributed by atoms with Crippen molar-refractivity contribution in [2.45, 2.75) is 19.3 Å². The van der Waals surface area contributed by atoms with E-state index in [9.17, 15) is 9.90 Å². The second-order valence-corrected chi connectivity index (χ2v) is 6.67. The monoisotopic (exact) mass is 359 g/mol. The summed E-state index contributed by atoms with van der Waals surface area (Å²) >= 11 is 0. The van der Waals surface area contributed by atoms with Gasteiger partial charge in [0.25, 0.3) is 0 Å². The summed E-state index contributed by atoms with van der Waals surface area (Å²) in [6.45, 7) is 0.649. The maximum Gasteiger partial charge on any atom is 0.335 e. The minimum absolute atomic E-state index is 0.299. The zero-order valence-corrected chi connectivity index (χ0v) is 14.9. The topological polar surface area (TPSA) is 92.0 Å². The number of carboxylic acid groups (broad SMARTS) is 1. The van der Waals surface area contributed by atoms with Crippen LogP contribution in [0.25, 0.3) is 33.1 Å². The van der Waals surface area contributed by atoms with Crippen molar-refractivity contribution >= 4 is 27.8 Å². The Labute approximate surface area is 156 Å². The lowest BCUT2D eigenvalue weighted by atomic mass is 9.97. The lowest BCUT2D eigenvalue weighted by molar-refractivity contribution is 0.0697. The number of hydrogen-bond donors (Lipinski definition) is 3. The molecule has 5 heteroatoms. The van der Waals surface area contributed by atoms with Crippen LogP contribution < -0.4 is 5.73 Å². The molecule has 5 nitrogen and oxygen atoms in total. The van der Waals surface area contributed by atoms with Crippen LogP contribution in [-0.4, -0.2) is 27.6 Å². The number of aryl methyl sites for hydroxylation is 1. The van der Waals surface area contributed by atoms with Gasteiger partial charge in [0.15, 0.2) is 0 Å². The molecule has 2 heterocycles. The molecule has 4 rings (SSSR count). The highest BCUT2D eigenvalue weighted by Gasteiger charge is 2.16. The van der Waals surface area contributed by atoms with Gasteiger partial charge in [-0.2, -0.15) is 0 Å². The molecule has 0 aliphatic carbocycles. The lowest BCUT2D eigenvalue weighted by Gasteiger charge is -2.08. The fourth-order valence-corrected chi connectivity index (χ4v) is 3.64. The molecule has 0 amide bonds. The van der Waals surface area contributed by atoms with Crippen LogP contribution in [0.1, 0.15) is 28.8 Å². The van der Waals surface area contributed by atoms with E-state index in [1.807, 2.05) is 24.3 Å². The molecule has 2 aromatic carbocycles. The molecule has 0 aliphatic heterocycles. The second-order valence-electron chi connectivity index (χ2n) is 6.67. The highest BCUT2D eigenvalue weighted by molar-refractivity contribution is 6.01. The van der Waals surface area contributed by atoms with Gasteiger partial charge in [-0.3, -0.25) is 4.98 Å². The number of carbonyl (C=O) groups is 1. The molecule has 0 spiro atoms. The molecule has 0 radical (unpaired) electrons. The molecule has 0 saturated carbocycles. The van der Waals surface area contributed by atoms with Crippen molar-refractivity contribution in [2.75, 3.05) is 6.54 Å². The number of unbranched alkanes of at least 4 members (excludes halogenated alkanes) is 1. The summed E-state index contributed by atoms with van der Waals surface area (Å²) in [7, 11) is 0. The summed E-state index contributed by atoms with van der Waals surface area (Å²) in [5, 5.41) is 11.4. The molecule has 0 aliphatic rings. The first kappa shape index (κ1) is 17.2. The summed E-state index contributed by atoms with van der Waals surface area (Å²) in [4.78, 5) is 19.4. The Hall–Kier alpha value is -3.18. The van der Waals surface area contributed by atoms with Crippen molar-refractivity contribution in [2.24, 2.45) is 5.73 Å². The number of benzene rings is 2. The van der Waals surface area contributed by atoms with Gasteiger partial charge in [-0.05, 0) is 61.7 Å². The maximum absolute atomic E-state index is 11.4. The Morgan fingerprint density at radius 2 is 1.96 bits per heavy atom. The van der Waals surface area contributed by atoms with E-state index >= 15 is 0 Å².